The van der Waals surface area contributed by atoms with E-state index in [0.29, 0.717) is 17.9 Å². The average molecular weight is 333 g/mol. The number of ether oxygens (including phenoxy) is 1. The summed E-state index contributed by atoms with van der Waals surface area (Å²) in [6.45, 7) is 1.79. The Morgan fingerprint density at radius 2 is 1.74 bits per heavy atom. The van der Waals surface area contributed by atoms with Crippen LogP contribution in [0.15, 0.2) is 53.4 Å². The topological polar surface area (TPSA) is 72.5 Å². The first-order valence-corrected chi connectivity index (χ1v) is 8.91. The molecule has 0 aliphatic carbocycles. The SMILES string of the molecule is CCCS(=O)(=O)c1ccccc1C(=O)Nc1ccccc1OC. The number of para-hydroxylation sites is 2. The summed E-state index contributed by atoms with van der Waals surface area (Å²) in [5.41, 5.74) is 0.620. The number of carbonyl (C=O) groups excluding carboxylic acids is 1. The zero-order chi connectivity index (χ0) is 16.9. The van der Waals surface area contributed by atoms with Crippen LogP contribution in [-0.4, -0.2) is 27.2 Å². The summed E-state index contributed by atoms with van der Waals surface area (Å²) in [6, 6.07) is 13.2. The third-order valence-corrected chi connectivity index (χ3v) is 5.27. The highest BCUT2D eigenvalue weighted by Crippen LogP contribution is 2.25. The molecule has 0 aliphatic heterocycles. The summed E-state index contributed by atoms with van der Waals surface area (Å²) in [5.74, 6) is 0.0332. The molecule has 0 aliphatic rings. The Bertz CT molecular complexity index is 800. The molecule has 0 saturated heterocycles. The Labute approximate surface area is 136 Å². The first kappa shape index (κ1) is 17.0. The molecule has 5 nitrogen and oxygen atoms in total. The summed E-state index contributed by atoms with van der Waals surface area (Å²) >= 11 is 0. The van der Waals surface area contributed by atoms with E-state index in [9.17, 15) is 13.2 Å². The lowest BCUT2D eigenvalue weighted by Gasteiger charge is -2.12. The maximum atomic E-state index is 12.5. The fourth-order valence-corrected chi connectivity index (χ4v) is 3.78. The minimum absolute atomic E-state index is 0.00590. The Hall–Kier alpha value is -2.34. The zero-order valence-electron chi connectivity index (χ0n) is 13.1. The maximum Gasteiger partial charge on any atom is 0.257 e. The van der Waals surface area contributed by atoms with E-state index in [4.69, 9.17) is 4.74 Å². The fraction of sp³-hybridized carbons (Fsp3) is 0.235. The molecular formula is C17H19NO4S. The Morgan fingerprint density at radius 1 is 1.09 bits per heavy atom. The van der Waals surface area contributed by atoms with Crippen LogP contribution < -0.4 is 10.1 Å². The number of anilines is 1. The molecule has 0 atom stereocenters. The van der Waals surface area contributed by atoms with Gasteiger partial charge < -0.3 is 10.1 Å². The molecule has 0 unspecified atom stereocenters. The van der Waals surface area contributed by atoms with Crippen LogP contribution in [0.25, 0.3) is 0 Å². The van der Waals surface area contributed by atoms with Crippen LogP contribution in [0.3, 0.4) is 0 Å². The van der Waals surface area contributed by atoms with Crippen molar-refractivity contribution >= 4 is 21.4 Å². The molecule has 0 radical (unpaired) electrons. The molecule has 122 valence electrons. The van der Waals surface area contributed by atoms with E-state index in [-0.39, 0.29) is 16.2 Å². The van der Waals surface area contributed by atoms with E-state index >= 15 is 0 Å². The highest BCUT2D eigenvalue weighted by Gasteiger charge is 2.21. The first-order chi connectivity index (χ1) is 11.0. The van der Waals surface area contributed by atoms with Crippen molar-refractivity contribution in [1.82, 2.24) is 0 Å². The van der Waals surface area contributed by atoms with Gasteiger partial charge in [-0.15, -0.1) is 0 Å². The maximum absolute atomic E-state index is 12.5. The van der Waals surface area contributed by atoms with Crippen molar-refractivity contribution in [3.63, 3.8) is 0 Å². The highest BCUT2D eigenvalue weighted by molar-refractivity contribution is 7.91. The van der Waals surface area contributed by atoms with Crippen molar-refractivity contribution in [2.24, 2.45) is 0 Å². The number of rotatable bonds is 6. The van der Waals surface area contributed by atoms with E-state index in [2.05, 4.69) is 5.32 Å². The second-order valence-electron chi connectivity index (χ2n) is 4.97. The molecule has 0 aromatic heterocycles. The summed E-state index contributed by atoms with van der Waals surface area (Å²) in [4.78, 5) is 12.6. The van der Waals surface area contributed by atoms with Crippen LogP contribution in [0.1, 0.15) is 23.7 Å². The number of methoxy groups -OCH3 is 1. The van der Waals surface area contributed by atoms with E-state index < -0.39 is 15.7 Å². The van der Waals surface area contributed by atoms with Crippen molar-refractivity contribution in [3.05, 3.63) is 54.1 Å². The predicted molar refractivity (Wildman–Crippen MR) is 89.7 cm³/mol. The minimum Gasteiger partial charge on any atom is -0.495 e. The lowest BCUT2D eigenvalue weighted by Crippen LogP contribution is -2.18. The molecular weight excluding hydrogens is 314 g/mol. The van der Waals surface area contributed by atoms with Gasteiger partial charge in [0.05, 0.1) is 29.0 Å². The summed E-state index contributed by atoms with van der Waals surface area (Å²) in [6.07, 6.45) is 0.491. The monoisotopic (exact) mass is 333 g/mol. The molecule has 0 saturated carbocycles. The summed E-state index contributed by atoms with van der Waals surface area (Å²) in [7, 11) is -1.98. The lowest BCUT2D eigenvalue weighted by molar-refractivity contribution is 0.102. The minimum atomic E-state index is -3.49. The van der Waals surface area contributed by atoms with E-state index in [1.807, 2.05) is 0 Å². The quantitative estimate of drug-likeness (QED) is 0.881. The molecule has 0 fully saturated rings. The number of hydrogen-bond donors (Lipinski definition) is 1. The van der Waals surface area contributed by atoms with Gasteiger partial charge in [0.25, 0.3) is 5.91 Å². The van der Waals surface area contributed by atoms with Gasteiger partial charge in [0, 0.05) is 0 Å². The van der Waals surface area contributed by atoms with Crippen LogP contribution in [-0.2, 0) is 9.84 Å². The Kier molecular flexibility index (Phi) is 5.39. The van der Waals surface area contributed by atoms with E-state index in [1.54, 1.807) is 43.3 Å². The van der Waals surface area contributed by atoms with Crippen LogP contribution in [0.5, 0.6) is 5.75 Å². The number of hydrogen-bond acceptors (Lipinski definition) is 4. The molecule has 0 bridgehead atoms. The van der Waals surface area contributed by atoms with Crippen LogP contribution >= 0.6 is 0 Å². The second kappa shape index (κ2) is 7.28. The third-order valence-electron chi connectivity index (χ3n) is 3.29. The van der Waals surface area contributed by atoms with E-state index in [0.717, 1.165) is 0 Å². The van der Waals surface area contributed by atoms with Gasteiger partial charge in [-0.3, -0.25) is 4.79 Å². The number of sulfone groups is 1. The number of nitrogens with one attached hydrogen (secondary N) is 1. The molecule has 2 rings (SSSR count). The van der Waals surface area contributed by atoms with Gasteiger partial charge in [0.1, 0.15) is 5.75 Å². The molecule has 2 aromatic carbocycles. The molecule has 1 amide bonds. The van der Waals surface area contributed by atoms with Crippen molar-refractivity contribution in [2.75, 3.05) is 18.2 Å². The van der Waals surface area contributed by atoms with Gasteiger partial charge in [0.2, 0.25) is 0 Å². The Balaban J connectivity index is 2.37. The fourth-order valence-electron chi connectivity index (χ4n) is 2.24. The predicted octanol–water partition coefficient (Wildman–Crippen LogP) is 3.13. The third kappa shape index (κ3) is 3.90. The molecule has 23 heavy (non-hydrogen) atoms. The second-order valence-corrected chi connectivity index (χ2v) is 7.05. The molecule has 1 N–H and O–H groups in total. The number of carbonyl (C=O) groups is 1. The lowest BCUT2D eigenvalue weighted by atomic mass is 10.2. The molecule has 6 heteroatoms. The number of amides is 1. The van der Waals surface area contributed by atoms with Crippen molar-refractivity contribution < 1.29 is 17.9 Å². The highest BCUT2D eigenvalue weighted by atomic mass is 32.2. The normalized spacial score (nSPS) is 11.0. The van der Waals surface area contributed by atoms with Gasteiger partial charge in [-0.1, -0.05) is 31.2 Å². The number of benzene rings is 2. The summed E-state index contributed by atoms with van der Waals surface area (Å²) < 4.78 is 29.8. The van der Waals surface area contributed by atoms with Crippen molar-refractivity contribution in [3.8, 4) is 5.75 Å². The smallest absolute Gasteiger partial charge is 0.257 e. The van der Waals surface area contributed by atoms with Gasteiger partial charge in [0.15, 0.2) is 9.84 Å². The van der Waals surface area contributed by atoms with E-state index in [1.165, 1.54) is 19.2 Å². The van der Waals surface area contributed by atoms with Gasteiger partial charge in [-0.2, -0.15) is 0 Å². The summed E-state index contributed by atoms with van der Waals surface area (Å²) in [5, 5.41) is 2.70. The van der Waals surface area contributed by atoms with Gasteiger partial charge in [-0.25, -0.2) is 8.42 Å². The average Bonchev–Trinajstić information content (AvgIpc) is 2.55. The first-order valence-electron chi connectivity index (χ1n) is 7.25. The van der Waals surface area contributed by atoms with Crippen molar-refractivity contribution in [2.45, 2.75) is 18.2 Å². The Morgan fingerprint density at radius 3 is 2.43 bits per heavy atom. The zero-order valence-corrected chi connectivity index (χ0v) is 13.9. The van der Waals surface area contributed by atoms with Crippen molar-refractivity contribution in [1.29, 1.82) is 0 Å². The standard InChI is InChI=1S/C17H19NO4S/c1-3-12-23(20,21)16-11-7-4-8-13(16)17(19)18-14-9-5-6-10-15(14)22-2/h4-11H,3,12H2,1-2H3,(H,18,19). The van der Waals surface area contributed by atoms with Crippen LogP contribution in [0.4, 0.5) is 5.69 Å². The van der Waals surface area contributed by atoms with Crippen LogP contribution in [0, 0.1) is 0 Å². The molecule has 0 spiro atoms. The van der Waals surface area contributed by atoms with Gasteiger partial charge >= 0.3 is 0 Å². The van der Waals surface area contributed by atoms with Crippen LogP contribution in [0.2, 0.25) is 0 Å². The largest absolute Gasteiger partial charge is 0.495 e. The molecule has 0 heterocycles. The van der Waals surface area contributed by atoms with Gasteiger partial charge in [-0.05, 0) is 30.7 Å². The molecule has 2 aromatic rings.